The molecule has 3 aromatic rings. The lowest BCUT2D eigenvalue weighted by Gasteiger charge is -2.34. The normalized spacial score (nSPS) is 24.8. The van der Waals surface area contributed by atoms with Crippen LogP contribution >= 0.6 is 0 Å². The van der Waals surface area contributed by atoms with E-state index in [4.69, 9.17) is 4.74 Å². The topological polar surface area (TPSA) is 26.3 Å². The van der Waals surface area contributed by atoms with E-state index in [1.807, 2.05) is 24.3 Å². The van der Waals surface area contributed by atoms with Crippen LogP contribution in [0.15, 0.2) is 84.9 Å². The average molecular weight is 416 g/mol. The Morgan fingerprint density at radius 2 is 1.45 bits per heavy atom. The first-order valence-electron chi connectivity index (χ1n) is 10.5. The summed E-state index contributed by atoms with van der Waals surface area (Å²) in [6.45, 7) is 0.744. The van der Waals surface area contributed by atoms with Gasteiger partial charge in [-0.05, 0) is 52.9 Å². The maximum Gasteiger partial charge on any atom is 0.151 e. The second-order valence-corrected chi connectivity index (χ2v) is 8.39. The van der Waals surface area contributed by atoms with Crippen molar-refractivity contribution >= 4 is 11.4 Å². The number of carbonyl (C=O) groups is 1. The van der Waals surface area contributed by atoms with Gasteiger partial charge >= 0.3 is 0 Å². The van der Waals surface area contributed by atoms with Gasteiger partial charge in [-0.1, -0.05) is 60.7 Å². The molecule has 0 amide bonds. The minimum Gasteiger partial charge on any atom is -0.379 e. The van der Waals surface area contributed by atoms with E-state index >= 15 is 0 Å². The molecular formula is C27H22F2O2. The Kier molecular flexibility index (Phi) is 5.03. The molecule has 3 aromatic carbocycles. The van der Waals surface area contributed by atoms with Crippen molar-refractivity contribution in [2.45, 2.75) is 12.3 Å². The zero-order chi connectivity index (χ0) is 21.4. The number of fused-ring (bicyclic) bond motifs is 2. The number of Topliss-reactive ketones (excluding diaryl/α,β-unsaturated/α-hetero) is 1. The van der Waals surface area contributed by atoms with E-state index < -0.39 is 5.41 Å². The summed E-state index contributed by atoms with van der Waals surface area (Å²) < 4.78 is 33.1. The molecular weight excluding hydrogens is 394 g/mol. The van der Waals surface area contributed by atoms with Crippen LogP contribution in [0.3, 0.4) is 0 Å². The highest BCUT2D eigenvalue weighted by Gasteiger charge is 2.56. The van der Waals surface area contributed by atoms with Gasteiger partial charge in [0.15, 0.2) is 5.78 Å². The Labute approximate surface area is 180 Å². The lowest BCUT2D eigenvalue weighted by atomic mass is 9.71. The van der Waals surface area contributed by atoms with Gasteiger partial charge in [-0.25, -0.2) is 8.78 Å². The number of rotatable bonds is 4. The van der Waals surface area contributed by atoms with Crippen molar-refractivity contribution in [1.82, 2.24) is 0 Å². The highest BCUT2D eigenvalue weighted by atomic mass is 19.1. The Balaban J connectivity index is 1.70. The highest BCUT2D eigenvalue weighted by molar-refractivity contribution is 5.96. The number of carbonyl (C=O) groups excluding carboxylic acids is 1. The fraction of sp³-hybridized carbons (Fsp3) is 0.222. The summed E-state index contributed by atoms with van der Waals surface area (Å²) >= 11 is 0. The molecule has 2 bridgehead atoms. The summed E-state index contributed by atoms with van der Waals surface area (Å²) in [4.78, 5) is 13.6. The number of benzene rings is 3. The van der Waals surface area contributed by atoms with Crippen LogP contribution in [-0.2, 0) is 9.53 Å². The molecule has 31 heavy (non-hydrogen) atoms. The number of ether oxygens (including phenoxy) is 1. The number of ketones is 1. The summed E-state index contributed by atoms with van der Waals surface area (Å²) in [6.07, 6.45) is 2.73. The number of hydrogen-bond acceptors (Lipinski definition) is 2. The van der Waals surface area contributed by atoms with Gasteiger partial charge < -0.3 is 4.74 Å². The number of hydrogen-bond donors (Lipinski definition) is 0. The van der Waals surface area contributed by atoms with Gasteiger partial charge in [-0.15, -0.1) is 0 Å². The minimum atomic E-state index is -0.817. The molecule has 0 aromatic heterocycles. The van der Waals surface area contributed by atoms with Gasteiger partial charge in [0.05, 0.1) is 18.6 Å². The standard InChI is InChI=1S/C27H22F2O2/c28-22-10-6-18(7-11-22)24(19-8-12-23(29)13-9-19)15-27-17-31-16-21(26(27)30)14-25(27)20-4-2-1-3-5-20/h1-13,15,21,25H,14,16-17H2/t21-,25+,27-/m1/s1. The molecule has 156 valence electrons. The van der Waals surface area contributed by atoms with E-state index in [0.29, 0.717) is 13.2 Å². The van der Waals surface area contributed by atoms with Crippen molar-refractivity contribution in [3.05, 3.63) is 113 Å². The minimum absolute atomic E-state index is 0.00963. The predicted molar refractivity (Wildman–Crippen MR) is 115 cm³/mol. The first kappa shape index (κ1) is 19.8. The van der Waals surface area contributed by atoms with E-state index in [1.54, 1.807) is 24.3 Å². The Hall–Kier alpha value is -3.11. The SMILES string of the molecule is O=C1[C@H]2COC[C@]1(C=C(c1ccc(F)cc1)c1ccc(F)cc1)[C@H](c1ccccc1)C2. The van der Waals surface area contributed by atoms with E-state index in [1.165, 1.54) is 24.3 Å². The molecule has 5 rings (SSSR count). The predicted octanol–water partition coefficient (Wildman–Crippen LogP) is 5.79. The zero-order valence-corrected chi connectivity index (χ0v) is 16.9. The van der Waals surface area contributed by atoms with Crippen LogP contribution < -0.4 is 0 Å². The zero-order valence-electron chi connectivity index (χ0n) is 16.9. The molecule has 1 heterocycles. The van der Waals surface area contributed by atoms with Crippen molar-refractivity contribution in [1.29, 1.82) is 0 Å². The molecule has 0 N–H and O–H groups in total. The Morgan fingerprint density at radius 1 is 0.871 bits per heavy atom. The van der Waals surface area contributed by atoms with Gasteiger partial charge in [0.2, 0.25) is 0 Å². The van der Waals surface area contributed by atoms with Crippen LogP contribution in [0.4, 0.5) is 8.78 Å². The third kappa shape index (κ3) is 3.51. The van der Waals surface area contributed by atoms with Crippen molar-refractivity contribution in [2.75, 3.05) is 13.2 Å². The molecule has 2 nitrogen and oxygen atoms in total. The van der Waals surface area contributed by atoms with E-state index in [9.17, 15) is 13.6 Å². The van der Waals surface area contributed by atoms with Gasteiger partial charge in [0, 0.05) is 11.8 Å². The van der Waals surface area contributed by atoms with Gasteiger partial charge in [0.1, 0.15) is 11.6 Å². The van der Waals surface area contributed by atoms with E-state index in [2.05, 4.69) is 12.1 Å². The molecule has 2 aliphatic rings. The molecule has 4 heteroatoms. The molecule has 1 aliphatic heterocycles. The van der Waals surface area contributed by atoms with Gasteiger partial charge in [-0.3, -0.25) is 4.79 Å². The smallest absolute Gasteiger partial charge is 0.151 e. The first-order chi connectivity index (χ1) is 15.1. The largest absolute Gasteiger partial charge is 0.379 e. The summed E-state index contributed by atoms with van der Waals surface area (Å²) in [7, 11) is 0. The Morgan fingerprint density at radius 3 is 2.03 bits per heavy atom. The second kappa shape index (κ2) is 7.86. The maximum atomic E-state index is 13.6. The third-order valence-corrected chi connectivity index (χ3v) is 6.55. The summed E-state index contributed by atoms with van der Waals surface area (Å²) in [6, 6.07) is 22.4. The summed E-state index contributed by atoms with van der Waals surface area (Å²) in [5, 5.41) is 0. The van der Waals surface area contributed by atoms with Crippen molar-refractivity contribution in [3.63, 3.8) is 0 Å². The van der Waals surface area contributed by atoms with Crippen LogP contribution in [-0.4, -0.2) is 19.0 Å². The molecule has 0 radical (unpaired) electrons. The molecule has 0 spiro atoms. The molecule has 1 aliphatic carbocycles. The van der Waals surface area contributed by atoms with Crippen LogP contribution in [0.25, 0.3) is 5.57 Å². The fourth-order valence-corrected chi connectivity index (χ4v) is 5.02. The van der Waals surface area contributed by atoms with Crippen molar-refractivity contribution < 1.29 is 18.3 Å². The number of halogens is 2. The van der Waals surface area contributed by atoms with Crippen LogP contribution in [0, 0.1) is 23.0 Å². The van der Waals surface area contributed by atoms with E-state index in [0.717, 1.165) is 28.7 Å². The molecule has 2 fully saturated rings. The van der Waals surface area contributed by atoms with Crippen molar-refractivity contribution in [3.8, 4) is 0 Å². The monoisotopic (exact) mass is 416 g/mol. The van der Waals surface area contributed by atoms with Crippen LogP contribution in [0.5, 0.6) is 0 Å². The van der Waals surface area contributed by atoms with Crippen molar-refractivity contribution in [2.24, 2.45) is 11.3 Å². The molecule has 1 saturated heterocycles. The Bertz CT molecular complexity index is 1070. The highest BCUT2D eigenvalue weighted by Crippen LogP contribution is 2.54. The maximum absolute atomic E-state index is 13.6. The van der Waals surface area contributed by atoms with Gasteiger partial charge in [0.25, 0.3) is 0 Å². The lowest BCUT2D eigenvalue weighted by molar-refractivity contribution is -0.137. The fourth-order valence-electron chi connectivity index (χ4n) is 5.02. The molecule has 0 unspecified atom stereocenters. The molecule has 1 saturated carbocycles. The summed E-state index contributed by atoms with van der Waals surface area (Å²) in [5.74, 6) is -0.627. The molecule has 3 atom stereocenters. The lowest BCUT2D eigenvalue weighted by Crippen LogP contribution is -2.41. The summed E-state index contributed by atoms with van der Waals surface area (Å²) in [5.41, 5.74) is 2.62. The average Bonchev–Trinajstić information content (AvgIpc) is 2.94. The third-order valence-electron chi connectivity index (χ3n) is 6.55. The van der Waals surface area contributed by atoms with Crippen LogP contribution in [0.2, 0.25) is 0 Å². The quantitative estimate of drug-likeness (QED) is 0.538. The van der Waals surface area contributed by atoms with Crippen LogP contribution in [0.1, 0.15) is 29.0 Å². The first-order valence-corrected chi connectivity index (χ1v) is 10.5. The van der Waals surface area contributed by atoms with E-state index in [-0.39, 0.29) is 29.3 Å². The second-order valence-electron chi connectivity index (χ2n) is 8.39. The van der Waals surface area contributed by atoms with Gasteiger partial charge in [-0.2, -0.15) is 0 Å².